The van der Waals surface area contributed by atoms with Crippen LogP contribution in [-0.2, 0) is 22.7 Å². The van der Waals surface area contributed by atoms with Crippen LogP contribution in [0, 0.1) is 0 Å². The summed E-state index contributed by atoms with van der Waals surface area (Å²) in [5.74, 6) is 1.37. The molecule has 1 amide bonds. The summed E-state index contributed by atoms with van der Waals surface area (Å²) in [5.41, 5.74) is 2.43. The molecule has 2 heterocycles. The predicted octanol–water partition coefficient (Wildman–Crippen LogP) is 3.69. The Morgan fingerprint density at radius 2 is 1.79 bits per heavy atom. The Labute approximate surface area is 204 Å². The summed E-state index contributed by atoms with van der Waals surface area (Å²) in [4.78, 5) is 24.6. The molecule has 1 fully saturated rings. The number of carbonyl (C=O) groups is 1. The van der Waals surface area contributed by atoms with E-state index in [0.717, 1.165) is 67.6 Å². The predicted molar refractivity (Wildman–Crippen MR) is 133 cm³/mol. The normalized spacial score (nSPS) is 20.7. The number of aromatic nitrogens is 2. The van der Waals surface area contributed by atoms with Crippen molar-refractivity contribution < 1.29 is 13.2 Å². The van der Waals surface area contributed by atoms with Crippen LogP contribution in [0.4, 0.5) is 11.8 Å². The Kier molecular flexibility index (Phi) is 7.16. The number of hydrogen-bond acceptors (Lipinski definition) is 8. The molecule has 0 spiro atoms. The number of aryl methyl sites for hydroxylation is 1. The van der Waals surface area contributed by atoms with Crippen LogP contribution >= 0.6 is 22.9 Å². The highest BCUT2D eigenvalue weighted by Gasteiger charge is 2.27. The molecule has 2 aromatic rings. The second-order valence-corrected chi connectivity index (χ2v) is 12.3. The number of hydrogen-bond donors (Lipinski definition) is 2. The van der Waals surface area contributed by atoms with Gasteiger partial charge in [-0.05, 0) is 51.4 Å². The van der Waals surface area contributed by atoms with E-state index in [0.29, 0.717) is 5.95 Å². The zero-order valence-electron chi connectivity index (χ0n) is 19.1. The fourth-order valence-corrected chi connectivity index (χ4v) is 7.37. The molecule has 0 aromatic carbocycles. The van der Waals surface area contributed by atoms with Crippen LogP contribution in [-0.4, -0.2) is 56.7 Å². The molecule has 4 rings (SSSR count). The standard InChI is InChI=1S/C22H30ClN5O3S2/c1-28(2)20-15-6-4-5-7-16(15)26-22(27-20)25-14-10-8-13(9-11-14)24-21(29)19-18(23)17(12-32-19)33(3,30)31/h12-14H,4-11H2,1-3H3,(H,24,29)(H,25,26,27)/t13-,14+. The molecule has 0 bridgehead atoms. The fraction of sp³-hybridized carbons (Fsp3) is 0.591. The third-order valence-electron chi connectivity index (χ3n) is 6.29. The van der Waals surface area contributed by atoms with Crippen LogP contribution in [0.15, 0.2) is 10.3 Å². The molecule has 0 radical (unpaired) electrons. The van der Waals surface area contributed by atoms with Crippen LogP contribution in [0.2, 0.25) is 5.02 Å². The zero-order chi connectivity index (χ0) is 23.8. The molecule has 0 aliphatic heterocycles. The summed E-state index contributed by atoms with van der Waals surface area (Å²) in [7, 11) is 0.587. The van der Waals surface area contributed by atoms with E-state index in [1.807, 2.05) is 14.1 Å². The number of thiophene rings is 1. The van der Waals surface area contributed by atoms with E-state index in [4.69, 9.17) is 21.6 Å². The van der Waals surface area contributed by atoms with E-state index >= 15 is 0 Å². The second-order valence-electron chi connectivity index (χ2n) is 9.08. The van der Waals surface area contributed by atoms with Crippen LogP contribution < -0.4 is 15.5 Å². The summed E-state index contributed by atoms with van der Waals surface area (Å²) in [6.07, 6.45) is 8.88. The largest absolute Gasteiger partial charge is 0.362 e. The summed E-state index contributed by atoms with van der Waals surface area (Å²) in [5, 5.41) is 7.97. The number of amides is 1. The first-order valence-corrected chi connectivity index (χ1v) is 14.4. The van der Waals surface area contributed by atoms with Crippen molar-refractivity contribution in [3.05, 3.63) is 26.5 Å². The van der Waals surface area contributed by atoms with Gasteiger partial charge in [0, 0.05) is 43.4 Å². The molecule has 1 saturated carbocycles. The number of nitrogens with one attached hydrogen (secondary N) is 2. The van der Waals surface area contributed by atoms with Crippen molar-refractivity contribution in [2.75, 3.05) is 30.6 Å². The van der Waals surface area contributed by atoms with Crippen LogP contribution in [0.5, 0.6) is 0 Å². The lowest BCUT2D eigenvalue weighted by molar-refractivity contribution is 0.0930. The van der Waals surface area contributed by atoms with Crippen molar-refractivity contribution in [3.8, 4) is 0 Å². The average molecular weight is 512 g/mol. The third-order valence-corrected chi connectivity index (χ3v) is 9.15. The zero-order valence-corrected chi connectivity index (χ0v) is 21.5. The molecule has 2 aliphatic carbocycles. The van der Waals surface area contributed by atoms with Crippen molar-refractivity contribution in [1.82, 2.24) is 15.3 Å². The molecular formula is C22H30ClN5O3S2. The Hall–Kier alpha value is -1.91. The van der Waals surface area contributed by atoms with Crippen LogP contribution in [0.1, 0.15) is 59.5 Å². The SMILES string of the molecule is CN(C)c1nc(N[C@H]2CC[C@@H](NC(=O)c3scc(S(C)(=O)=O)c3Cl)CC2)nc2c1CCCC2. The Bertz CT molecular complexity index is 1140. The summed E-state index contributed by atoms with van der Waals surface area (Å²) in [6.45, 7) is 0. The van der Waals surface area contributed by atoms with Gasteiger partial charge >= 0.3 is 0 Å². The van der Waals surface area contributed by atoms with Gasteiger partial charge in [0.1, 0.15) is 10.7 Å². The highest BCUT2D eigenvalue weighted by atomic mass is 35.5. The van der Waals surface area contributed by atoms with Gasteiger partial charge in [-0.3, -0.25) is 4.79 Å². The van der Waals surface area contributed by atoms with E-state index in [-0.39, 0.29) is 32.8 Å². The first kappa shape index (κ1) is 24.2. The number of anilines is 2. The highest BCUT2D eigenvalue weighted by molar-refractivity contribution is 7.91. The lowest BCUT2D eigenvalue weighted by Crippen LogP contribution is -2.40. The number of rotatable bonds is 6. The van der Waals surface area contributed by atoms with E-state index in [1.165, 1.54) is 23.8 Å². The van der Waals surface area contributed by atoms with Gasteiger partial charge in [-0.15, -0.1) is 11.3 Å². The molecule has 11 heteroatoms. The molecule has 180 valence electrons. The smallest absolute Gasteiger partial charge is 0.263 e. The van der Waals surface area contributed by atoms with E-state index in [9.17, 15) is 13.2 Å². The van der Waals surface area contributed by atoms with Gasteiger partial charge in [-0.2, -0.15) is 4.98 Å². The molecule has 2 aromatic heterocycles. The summed E-state index contributed by atoms with van der Waals surface area (Å²) >= 11 is 7.22. The van der Waals surface area contributed by atoms with Crippen LogP contribution in [0.25, 0.3) is 0 Å². The van der Waals surface area contributed by atoms with Crippen molar-refractivity contribution in [3.63, 3.8) is 0 Å². The maximum atomic E-state index is 12.7. The van der Waals surface area contributed by atoms with E-state index < -0.39 is 9.84 Å². The Balaban J connectivity index is 1.36. The minimum atomic E-state index is -3.46. The quantitative estimate of drug-likeness (QED) is 0.609. The maximum absolute atomic E-state index is 12.7. The van der Waals surface area contributed by atoms with E-state index in [1.54, 1.807) is 0 Å². The van der Waals surface area contributed by atoms with Gasteiger partial charge in [-0.1, -0.05) is 11.6 Å². The second kappa shape index (κ2) is 9.76. The Morgan fingerprint density at radius 3 is 2.42 bits per heavy atom. The van der Waals surface area contributed by atoms with Gasteiger partial charge in [-0.25, -0.2) is 13.4 Å². The van der Waals surface area contributed by atoms with Gasteiger partial charge in [0.2, 0.25) is 5.95 Å². The average Bonchev–Trinajstić information content (AvgIpc) is 3.16. The van der Waals surface area contributed by atoms with Crippen LogP contribution in [0.3, 0.4) is 0 Å². The molecule has 2 N–H and O–H groups in total. The topological polar surface area (TPSA) is 104 Å². The minimum Gasteiger partial charge on any atom is -0.362 e. The molecule has 0 atom stereocenters. The lowest BCUT2D eigenvalue weighted by atomic mass is 9.91. The monoisotopic (exact) mass is 511 g/mol. The molecule has 2 aliphatic rings. The van der Waals surface area contributed by atoms with Gasteiger partial charge in [0.05, 0.1) is 15.6 Å². The molecule has 0 unspecified atom stereocenters. The van der Waals surface area contributed by atoms with E-state index in [2.05, 4.69) is 15.5 Å². The number of nitrogens with zero attached hydrogens (tertiary/aromatic N) is 3. The fourth-order valence-electron chi connectivity index (χ4n) is 4.56. The number of halogens is 1. The van der Waals surface area contributed by atoms with Gasteiger partial charge in [0.25, 0.3) is 5.91 Å². The summed E-state index contributed by atoms with van der Waals surface area (Å²) in [6, 6.07) is 0.272. The number of carbonyl (C=O) groups excluding carboxylic acids is 1. The van der Waals surface area contributed by atoms with Crippen molar-refractivity contribution in [1.29, 1.82) is 0 Å². The highest BCUT2D eigenvalue weighted by Crippen LogP contribution is 2.32. The first-order chi connectivity index (χ1) is 15.6. The minimum absolute atomic E-state index is 0.00867. The van der Waals surface area contributed by atoms with Gasteiger partial charge < -0.3 is 15.5 Å². The van der Waals surface area contributed by atoms with Crippen molar-refractivity contribution in [2.45, 2.75) is 68.3 Å². The maximum Gasteiger partial charge on any atom is 0.263 e. The van der Waals surface area contributed by atoms with Crippen molar-refractivity contribution >= 4 is 50.4 Å². The first-order valence-electron chi connectivity index (χ1n) is 11.2. The molecular weight excluding hydrogens is 482 g/mol. The molecule has 0 saturated heterocycles. The molecule has 33 heavy (non-hydrogen) atoms. The summed E-state index contributed by atoms with van der Waals surface area (Å²) < 4.78 is 23.5. The Morgan fingerprint density at radius 1 is 1.12 bits per heavy atom. The lowest BCUT2D eigenvalue weighted by Gasteiger charge is -2.30. The van der Waals surface area contributed by atoms with Gasteiger partial charge in [0.15, 0.2) is 9.84 Å². The number of sulfone groups is 1. The molecule has 8 nitrogen and oxygen atoms in total. The number of fused-ring (bicyclic) bond motifs is 1. The van der Waals surface area contributed by atoms with Crippen molar-refractivity contribution in [2.24, 2.45) is 0 Å². The third kappa shape index (κ3) is 5.44.